The Morgan fingerprint density at radius 3 is 2.57 bits per heavy atom. The molecule has 2 atom stereocenters. The van der Waals surface area contributed by atoms with Crippen molar-refractivity contribution in [2.45, 2.75) is 20.3 Å². The van der Waals surface area contributed by atoms with Crippen LogP contribution in [0.4, 0.5) is 4.39 Å². The van der Waals surface area contributed by atoms with E-state index < -0.39 is 29.2 Å². The number of furan rings is 1. The molecule has 118 valence electrons. The molecule has 0 saturated heterocycles. The Balaban J connectivity index is 2.17. The lowest BCUT2D eigenvalue weighted by Gasteiger charge is -2.14. The van der Waals surface area contributed by atoms with Crippen molar-refractivity contribution in [1.82, 2.24) is 0 Å². The molecule has 4 nitrogen and oxygen atoms in total. The summed E-state index contributed by atoms with van der Waals surface area (Å²) in [6, 6.07) is 9.47. The Labute approximate surface area is 133 Å². The molecule has 0 fully saturated rings. The van der Waals surface area contributed by atoms with Gasteiger partial charge in [-0.2, -0.15) is 5.26 Å². The van der Waals surface area contributed by atoms with Crippen LogP contribution in [-0.4, -0.2) is 11.6 Å². The van der Waals surface area contributed by atoms with Gasteiger partial charge in [-0.05, 0) is 36.6 Å². The van der Waals surface area contributed by atoms with Crippen LogP contribution in [-0.2, 0) is 11.2 Å². The number of nitriles is 1. The monoisotopic (exact) mass is 313 g/mol. The summed E-state index contributed by atoms with van der Waals surface area (Å²) < 4.78 is 18.7. The zero-order chi connectivity index (χ0) is 17.0. The lowest BCUT2D eigenvalue weighted by molar-refractivity contribution is -0.123. The molecule has 23 heavy (non-hydrogen) atoms. The van der Waals surface area contributed by atoms with Gasteiger partial charge in [0.15, 0.2) is 17.5 Å². The van der Waals surface area contributed by atoms with E-state index >= 15 is 0 Å². The van der Waals surface area contributed by atoms with Crippen LogP contribution in [0, 0.1) is 35.9 Å². The van der Waals surface area contributed by atoms with Gasteiger partial charge < -0.3 is 4.42 Å². The predicted molar refractivity (Wildman–Crippen MR) is 81.2 cm³/mol. The fourth-order valence-corrected chi connectivity index (χ4v) is 2.39. The molecule has 0 amide bonds. The van der Waals surface area contributed by atoms with E-state index in [9.17, 15) is 19.2 Å². The van der Waals surface area contributed by atoms with E-state index in [0.29, 0.717) is 11.1 Å². The number of hydrogen-bond donors (Lipinski definition) is 0. The fourth-order valence-electron chi connectivity index (χ4n) is 2.39. The van der Waals surface area contributed by atoms with Crippen LogP contribution >= 0.6 is 0 Å². The third kappa shape index (κ3) is 3.54. The van der Waals surface area contributed by atoms with E-state index in [0.717, 1.165) is 0 Å². The van der Waals surface area contributed by atoms with Gasteiger partial charge in [-0.15, -0.1) is 0 Å². The third-order valence-corrected chi connectivity index (χ3v) is 3.73. The maximum absolute atomic E-state index is 13.7. The first kappa shape index (κ1) is 16.6. The molecule has 2 rings (SSSR count). The number of hydrogen-bond acceptors (Lipinski definition) is 4. The molecule has 0 N–H and O–H groups in total. The lowest BCUT2D eigenvalue weighted by atomic mass is 9.86. The van der Waals surface area contributed by atoms with Gasteiger partial charge in [-0.3, -0.25) is 9.59 Å². The maximum atomic E-state index is 13.7. The molecule has 1 aromatic heterocycles. The first-order valence-corrected chi connectivity index (χ1v) is 7.20. The second kappa shape index (κ2) is 7.01. The Kier molecular flexibility index (Phi) is 5.07. The quantitative estimate of drug-likeness (QED) is 0.604. The minimum Gasteiger partial charge on any atom is -0.461 e. The highest BCUT2D eigenvalue weighted by Crippen LogP contribution is 2.20. The number of nitrogens with zero attached hydrogens (tertiary/aromatic N) is 1. The van der Waals surface area contributed by atoms with Gasteiger partial charge in [0.2, 0.25) is 5.78 Å². The van der Waals surface area contributed by atoms with Gasteiger partial charge in [-0.25, -0.2) is 4.39 Å². The average molecular weight is 313 g/mol. The number of Topliss-reactive ketones (excluding diaryl/α,β-unsaturated/α-hetero) is 2. The largest absolute Gasteiger partial charge is 0.461 e. The molecule has 5 heteroatoms. The van der Waals surface area contributed by atoms with Gasteiger partial charge in [0.05, 0.1) is 12.3 Å². The number of ketones is 2. The molecule has 0 aliphatic heterocycles. The van der Waals surface area contributed by atoms with Crippen LogP contribution in [0.3, 0.4) is 0 Å². The molecule has 0 aliphatic rings. The molecule has 0 radical (unpaired) electrons. The normalized spacial score (nSPS) is 13.1. The van der Waals surface area contributed by atoms with Crippen LogP contribution in [0.15, 0.2) is 41.0 Å². The summed E-state index contributed by atoms with van der Waals surface area (Å²) in [5.74, 6) is -3.67. The molecule has 1 heterocycles. The molecular weight excluding hydrogens is 297 g/mol. The number of aryl methyl sites for hydroxylation is 1. The zero-order valence-electron chi connectivity index (χ0n) is 12.9. The van der Waals surface area contributed by atoms with E-state index in [1.165, 1.54) is 12.3 Å². The van der Waals surface area contributed by atoms with E-state index in [4.69, 9.17) is 4.42 Å². The van der Waals surface area contributed by atoms with E-state index in [1.54, 1.807) is 44.2 Å². The Morgan fingerprint density at radius 2 is 2.00 bits per heavy atom. The van der Waals surface area contributed by atoms with E-state index in [1.807, 2.05) is 0 Å². The minimum absolute atomic E-state index is 0.0167. The van der Waals surface area contributed by atoms with Crippen molar-refractivity contribution in [3.05, 3.63) is 59.3 Å². The van der Waals surface area contributed by atoms with Crippen molar-refractivity contribution in [3.8, 4) is 6.07 Å². The SMILES string of the molecule is Cc1ccoc1C(=O)[C@H](C#N)C(=O)[C@@H](C)Cc1ccccc1F. The van der Waals surface area contributed by atoms with Crippen LogP contribution < -0.4 is 0 Å². The number of halogens is 1. The second-order valence-corrected chi connectivity index (χ2v) is 5.46. The third-order valence-electron chi connectivity index (χ3n) is 3.73. The van der Waals surface area contributed by atoms with E-state index in [-0.39, 0.29) is 12.2 Å². The summed E-state index contributed by atoms with van der Waals surface area (Å²) in [4.78, 5) is 24.7. The molecule has 0 spiro atoms. The highest BCUT2D eigenvalue weighted by Gasteiger charge is 2.33. The van der Waals surface area contributed by atoms with Gasteiger partial charge in [0.25, 0.3) is 0 Å². The van der Waals surface area contributed by atoms with Crippen molar-refractivity contribution in [3.63, 3.8) is 0 Å². The molecular formula is C18H16FNO3. The first-order chi connectivity index (χ1) is 11.0. The van der Waals surface area contributed by atoms with Gasteiger partial charge >= 0.3 is 0 Å². The Morgan fingerprint density at radius 1 is 1.30 bits per heavy atom. The Hall–Kier alpha value is -2.74. The summed E-state index contributed by atoms with van der Waals surface area (Å²) in [5.41, 5.74) is 0.955. The van der Waals surface area contributed by atoms with Gasteiger partial charge in [-0.1, -0.05) is 25.1 Å². The smallest absolute Gasteiger partial charge is 0.222 e. The van der Waals surface area contributed by atoms with Gasteiger partial charge in [0.1, 0.15) is 5.82 Å². The number of carbonyl (C=O) groups is 2. The highest BCUT2D eigenvalue weighted by molar-refractivity contribution is 6.12. The first-order valence-electron chi connectivity index (χ1n) is 7.20. The topological polar surface area (TPSA) is 71.1 Å². The zero-order valence-corrected chi connectivity index (χ0v) is 12.9. The maximum Gasteiger partial charge on any atom is 0.222 e. The summed E-state index contributed by atoms with van der Waals surface area (Å²) >= 11 is 0. The van der Waals surface area contributed by atoms with Crippen LogP contribution in [0.5, 0.6) is 0 Å². The van der Waals surface area contributed by atoms with Crippen LogP contribution in [0.25, 0.3) is 0 Å². The minimum atomic E-state index is -1.44. The van der Waals surface area contributed by atoms with E-state index in [2.05, 4.69) is 0 Å². The predicted octanol–water partition coefficient (Wildman–Crippen LogP) is 3.50. The highest BCUT2D eigenvalue weighted by atomic mass is 19.1. The van der Waals surface area contributed by atoms with Gasteiger partial charge in [0, 0.05) is 5.92 Å². The van der Waals surface area contributed by atoms with Crippen molar-refractivity contribution in [2.24, 2.45) is 11.8 Å². The van der Waals surface area contributed by atoms with Crippen molar-refractivity contribution in [1.29, 1.82) is 5.26 Å². The molecule has 0 saturated carbocycles. The molecule has 2 aromatic rings. The van der Waals surface area contributed by atoms with Crippen LogP contribution in [0.1, 0.15) is 28.6 Å². The second-order valence-electron chi connectivity index (χ2n) is 5.46. The molecule has 0 unspecified atom stereocenters. The summed E-state index contributed by atoms with van der Waals surface area (Å²) in [6.45, 7) is 3.25. The average Bonchev–Trinajstić information content (AvgIpc) is 2.96. The molecule has 0 bridgehead atoms. The van der Waals surface area contributed by atoms with Crippen LogP contribution in [0.2, 0.25) is 0 Å². The summed E-state index contributed by atoms with van der Waals surface area (Å²) in [6.07, 6.45) is 1.47. The van der Waals surface area contributed by atoms with Crippen molar-refractivity contribution in [2.75, 3.05) is 0 Å². The number of benzene rings is 1. The summed E-state index contributed by atoms with van der Waals surface area (Å²) in [7, 11) is 0. The standard InChI is InChI=1S/C18H16FNO3/c1-11-7-8-23-18(11)17(22)14(10-20)16(21)12(2)9-13-5-3-4-6-15(13)19/h3-8,12,14H,9H2,1-2H3/t12-,14+/m0/s1. The lowest BCUT2D eigenvalue weighted by Crippen LogP contribution is -2.29. The van der Waals surface area contributed by atoms with Crippen molar-refractivity contribution < 1.29 is 18.4 Å². The molecule has 0 aliphatic carbocycles. The molecule has 1 aromatic carbocycles. The summed E-state index contributed by atoms with van der Waals surface area (Å²) in [5, 5.41) is 9.22. The fraction of sp³-hybridized carbons (Fsp3) is 0.278. The number of carbonyl (C=O) groups excluding carboxylic acids is 2. The van der Waals surface area contributed by atoms with Crippen molar-refractivity contribution >= 4 is 11.6 Å². The Bertz CT molecular complexity index is 773. The number of rotatable bonds is 6.